The minimum absolute atomic E-state index is 0. The number of non-ortho nitro benzene ring substituents is 1. The second kappa shape index (κ2) is 9.33. The molecule has 1 N–H and O–H groups in total. The quantitative estimate of drug-likeness (QED) is 0.594. The number of amides is 1. The van der Waals surface area contributed by atoms with Crippen LogP contribution in [0.5, 0.6) is 0 Å². The second-order valence-electron chi connectivity index (χ2n) is 6.16. The van der Waals surface area contributed by atoms with Crippen molar-refractivity contribution in [3.8, 4) is 0 Å². The van der Waals surface area contributed by atoms with E-state index in [0.29, 0.717) is 30.0 Å². The molecule has 1 aliphatic heterocycles. The van der Waals surface area contributed by atoms with Gasteiger partial charge in [0.1, 0.15) is 0 Å². The second-order valence-corrected chi connectivity index (χ2v) is 6.56. The predicted molar refractivity (Wildman–Crippen MR) is 98.2 cm³/mol. The Hall–Kier alpha value is -1.41. The molecule has 1 aromatic carbocycles. The third-order valence-corrected chi connectivity index (χ3v) is 4.80. The summed E-state index contributed by atoms with van der Waals surface area (Å²) in [6, 6.07) is 4.26. The zero-order valence-corrected chi connectivity index (χ0v) is 15.9. The molecular weight excluding hydrogens is 369 g/mol. The number of ether oxygens (including phenoxy) is 1. The van der Waals surface area contributed by atoms with Crippen LogP contribution in [-0.4, -0.2) is 49.6 Å². The van der Waals surface area contributed by atoms with Crippen LogP contribution >= 0.6 is 24.0 Å². The minimum Gasteiger partial charge on any atom is -0.384 e. The minimum atomic E-state index is -0.554. The van der Waals surface area contributed by atoms with Gasteiger partial charge in [-0.15, -0.1) is 12.4 Å². The number of benzene rings is 1. The van der Waals surface area contributed by atoms with E-state index in [4.69, 9.17) is 16.3 Å². The van der Waals surface area contributed by atoms with E-state index in [1.807, 2.05) is 0 Å². The summed E-state index contributed by atoms with van der Waals surface area (Å²) in [5.41, 5.74) is -0.0333. The van der Waals surface area contributed by atoms with E-state index >= 15 is 0 Å². The Morgan fingerprint density at radius 3 is 2.64 bits per heavy atom. The number of nitrogens with one attached hydrogen (secondary N) is 1. The smallest absolute Gasteiger partial charge is 0.269 e. The molecule has 1 saturated heterocycles. The molecule has 0 atom stereocenters. The van der Waals surface area contributed by atoms with Crippen LogP contribution in [0.2, 0.25) is 5.02 Å². The van der Waals surface area contributed by atoms with Crippen molar-refractivity contribution in [1.82, 2.24) is 10.2 Å². The number of hydrogen-bond acceptors (Lipinski definition) is 5. The van der Waals surface area contributed by atoms with Gasteiger partial charge in [-0.3, -0.25) is 14.9 Å². The van der Waals surface area contributed by atoms with E-state index < -0.39 is 10.3 Å². The van der Waals surface area contributed by atoms with E-state index in [0.717, 1.165) is 13.1 Å². The zero-order valence-electron chi connectivity index (χ0n) is 14.3. The van der Waals surface area contributed by atoms with Crippen LogP contribution in [0.1, 0.15) is 18.4 Å². The van der Waals surface area contributed by atoms with Crippen LogP contribution in [0.4, 0.5) is 5.69 Å². The molecule has 0 saturated carbocycles. The number of carbonyl (C=O) groups excluding carboxylic acids is 1. The van der Waals surface area contributed by atoms with Gasteiger partial charge in [-0.05, 0) is 37.6 Å². The van der Waals surface area contributed by atoms with E-state index in [-0.39, 0.29) is 30.5 Å². The monoisotopic (exact) mass is 391 g/mol. The Morgan fingerprint density at radius 2 is 2.08 bits per heavy atom. The molecule has 0 unspecified atom stereocenters. The molecule has 7 nitrogen and oxygen atoms in total. The number of carbonyl (C=O) groups is 1. The van der Waals surface area contributed by atoms with Gasteiger partial charge in [-0.2, -0.15) is 0 Å². The summed E-state index contributed by atoms with van der Waals surface area (Å²) in [5, 5.41) is 14.6. The molecule has 0 spiro atoms. The fraction of sp³-hybridized carbons (Fsp3) is 0.562. The highest BCUT2D eigenvalue weighted by Gasteiger charge is 2.41. The highest BCUT2D eigenvalue weighted by atomic mass is 35.5. The number of nitro groups is 1. The summed E-state index contributed by atoms with van der Waals surface area (Å²) in [6.07, 6.45) is 1.40. The first kappa shape index (κ1) is 21.6. The summed E-state index contributed by atoms with van der Waals surface area (Å²) >= 11 is 6.14. The fourth-order valence-electron chi connectivity index (χ4n) is 3.13. The Bertz CT molecular complexity index is 616. The largest absolute Gasteiger partial charge is 0.384 e. The standard InChI is InChI=1S/C16H22ClN3O4.ClH/c1-19(10-12-9-13(20(22)23)3-4-14(12)17)15(21)16(11-24-2)5-7-18-8-6-16;/h3-4,9,18H,5-8,10-11H2,1-2H3;1H. The van der Waals surface area contributed by atoms with E-state index in [2.05, 4.69) is 5.32 Å². The van der Waals surface area contributed by atoms with Crippen molar-refractivity contribution in [1.29, 1.82) is 0 Å². The number of hydrogen-bond donors (Lipinski definition) is 1. The average Bonchev–Trinajstić information content (AvgIpc) is 2.57. The normalized spacial score (nSPS) is 16.0. The molecule has 1 aromatic rings. The molecule has 0 bridgehead atoms. The van der Waals surface area contributed by atoms with Crippen LogP contribution in [-0.2, 0) is 16.1 Å². The Kier molecular flexibility index (Phi) is 8.08. The lowest BCUT2D eigenvalue weighted by Gasteiger charge is -2.38. The highest BCUT2D eigenvalue weighted by Crippen LogP contribution is 2.32. The average molecular weight is 392 g/mol. The van der Waals surface area contributed by atoms with Crippen molar-refractivity contribution in [3.63, 3.8) is 0 Å². The molecule has 1 amide bonds. The molecule has 140 valence electrons. The van der Waals surface area contributed by atoms with Crippen LogP contribution in [0.3, 0.4) is 0 Å². The number of nitro benzene ring substituents is 1. The first-order valence-electron chi connectivity index (χ1n) is 7.78. The summed E-state index contributed by atoms with van der Waals surface area (Å²) in [7, 11) is 3.28. The van der Waals surface area contributed by atoms with Gasteiger partial charge in [0.15, 0.2) is 0 Å². The Balaban J connectivity index is 0.00000312. The third kappa shape index (κ3) is 5.04. The van der Waals surface area contributed by atoms with E-state index in [1.54, 1.807) is 19.1 Å². The fourth-order valence-corrected chi connectivity index (χ4v) is 3.31. The van der Waals surface area contributed by atoms with Gasteiger partial charge >= 0.3 is 0 Å². The van der Waals surface area contributed by atoms with Crippen LogP contribution in [0, 0.1) is 15.5 Å². The first-order valence-corrected chi connectivity index (χ1v) is 8.15. The summed E-state index contributed by atoms with van der Waals surface area (Å²) < 4.78 is 5.29. The maximum atomic E-state index is 13.0. The van der Waals surface area contributed by atoms with Gasteiger partial charge in [0, 0.05) is 37.9 Å². The molecule has 0 aromatic heterocycles. The molecular formula is C16H23Cl2N3O4. The maximum absolute atomic E-state index is 13.0. The summed E-state index contributed by atoms with van der Waals surface area (Å²) in [6.45, 7) is 2.11. The van der Waals surface area contributed by atoms with Crippen molar-refractivity contribution in [2.45, 2.75) is 19.4 Å². The van der Waals surface area contributed by atoms with Crippen molar-refractivity contribution in [2.24, 2.45) is 5.41 Å². The Labute approximate surface area is 158 Å². The van der Waals surface area contributed by atoms with Gasteiger partial charge in [0.2, 0.25) is 5.91 Å². The highest BCUT2D eigenvalue weighted by molar-refractivity contribution is 6.31. The molecule has 2 rings (SSSR count). The number of rotatable bonds is 6. The van der Waals surface area contributed by atoms with Crippen LogP contribution in [0.25, 0.3) is 0 Å². The number of piperidine rings is 1. The van der Waals surface area contributed by atoms with Crippen molar-refractivity contribution < 1.29 is 14.5 Å². The lowest BCUT2D eigenvalue weighted by molar-refractivity contribution is -0.384. The molecule has 1 heterocycles. The lowest BCUT2D eigenvalue weighted by atomic mass is 9.78. The maximum Gasteiger partial charge on any atom is 0.269 e. The lowest BCUT2D eigenvalue weighted by Crippen LogP contribution is -2.50. The Morgan fingerprint density at radius 1 is 1.44 bits per heavy atom. The molecule has 0 radical (unpaired) electrons. The van der Waals surface area contributed by atoms with Crippen LogP contribution < -0.4 is 5.32 Å². The van der Waals surface area contributed by atoms with E-state index in [1.165, 1.54) is 18.2 Å². The molecule has 0 aliphatic carbocycles. The summed E-state index contributed by atoms with van der Waals surface area (Å²) in [4.78, 5) is 25.0. The van der Waals surface area contributed by atoms with Gasteiger partial charge in [-0.1, -0.05) is 11.6 Å². The number of methoxy groups -OCH3 is 1. The third-order valence-electron chi connectivity index (χ3n) is 4.43. The zero-order chi connectivity index (χ0) is 17.7. The summed E-state index contributed by atoms with van der Waals surface area (Å²) in [5.74, 6) is -0.0200. The molecule has 9 heteroatoms. The SMILES string of the molecule is COCC1(C(=O)N(C)Cc2cc([N+](=O)[O-])ccc2Cl)CCNCC1.Cl. The molecule has 1 fully saturated rings. The topological polar surface area (TPSA) is 84.7 Å². The number of nitrogens with zero attached hydrogens (tertiary/aromatic N) is 2. The predicted octanol–water partition coefficient (Wildman–Crippen LogP) is 2.64. The van der Waals surface area contributed by atoms with Crippen LogP contribution in [0.15, 0.2) is 18.2 Å². The molecule has 1 aliphatic rings. The van der Waals surface area contributed by atoms with Gasteiger partial charge in [0.05, 0.1) is 16.9 Å². The van der Waals surface area contributed by atoms with Gasteiger partial charge < -0.3 is 15.0 Å². The first-order chi connectivity index (χ1) is 11.4. The molecule has 25 heavy (non-hydrogen) atoms. The van der Waals surface area contributed by atoms with E-state index in [9.17, 15) is 14.9 Å². The van der Waals surface area contributed by atoms with Crippen molar-refractivity contribution in [3.05, 3.63) is 38.9 Å². The van der Waals surface area contributed by atoms with Crippen molar-refractivity contribution >= 4 is 35.6 Å². The van der Waals surface area contributed by atoms with Gasteiger partial charge in [-0.25, -0.2) is 0 Å². The number of halogens is 2. The van der Waals surface area contributed by atoms with Crippen molar-refractivity contribution in [2.75, 3.05) is 33.9 Å². The van der Waals surface area contributed by atoms with Gasteiger partial charge in [0.25, 0.3) is 5.69 Å².